The molecule has 9 fully saturated rings. The molecule has 105 heavy (non-hydrogen) atoms. The van der Waals surface area contributed by atoms with E-state index in [-0.39, 0.29) is 64.5 Å². The van der Waals surface area contributed by atoms with Crippen molar-refractivity contribution in [3.8, 4) is 0 Å². The molecule has 33 heteroatoms. The molecule has 3 aliphatic carbocycles. The monoisotopic (exact) mass is 1490 g/mol. The van der Waals surface area contributed by atoms with Crippen molar-refractivity contribution in [2.75, 3.05) is 132 Å². The first-order valence-corrected chi connectivity index (χ1v) is 36.9. The van der Waals surface area contributed by atoms with Gasteiger partial charge in [-0.3, -0.25) is 28.8 Å². The van der Waals surface area contributed by atoms with E-state index in [4.69, 9.17) is 63.2 Å². The molecule has 4 unspecified atom stereocenters. The van der Waals surface area contributed by atoms with E-state index in [1.807, 2.05) is 24.3 Å². The highest BCUT2D eigenvalue weighted by atomic mass is 35.5. The summed E-state index contributed by atoms with van der Waals surface area (Å²) in [4.78, 5) is 83.7. The summed E-state index contributed by atoms with van der Waals surface area (Å²) in [6.07, 6.45) is 15.4. The standard InChI is InChI=1S/3C24H27ClN6O4/c2*1-26-21-7-14(28-19-5-13(25)9-30(24(19)33)15-3-2-4-34-10-15)6-20-16(8-27-31(20)21)23(32)29-22-17-11-35-12-18(17)22;1-26-22-7-21(28-19-5-13(25)9-30(24(19)33)14-3-2-4-34-10-14)29-23-16(8-27-31(22)23)20(32)6-15-17-11-35-12-18(15)17/h2*5-9,15,17-18,22,26,28H,2-4,10-12H2,1H3,(H,29,32);5,7-9,14-15,17-18,26H,2-4,6,10-12H2,1H3,(H,28,29)/t15?,17-,18+,22?;15-,17-,18+,22?;14-,15?,17-,18+/m.01/s1. The number of ether oxygens (including phenoxy) is 6. The van der Waals surface area contributed by atoms with Gasteiger partial charge in [-0.15, -0.1) is 0 Å². The average molecular weight is 1500 g/mol. The zero-order valence-electron chi connectivity index (χ0n) is 58.0. The summed E-state index contributed by atoms with van der Waals surface area (Å²) < 4.78 is 42.8. The van der Waals surface area contributed by atoms with Crippen molar-refractivity contribution in [2.45, 2.75) is 75.2 Å². The predicted molar refractivity (Wildman–Crippen MR) is 395 cm³/mol. The van der Waals surface area contributed by atoms with Crippen molar-refractivity contribution in [3.05, 3.63) is 149 Å². The van der Waals surface area contributed by atoms with Gasteiger partial charge in [0.15, 0.2) is 11.4 Å². The van der Waals surface area contributed by atoms with E-state index in [1.54, 1.807) is 110 Å². The molecule has 18 rings (SSSR count). The molecule has 8 N–H and O–H groups in total. The fourth-order valence-electron chi connectivity index (χ4n) is 15.8. The minimum atomic E-state index is -0.204. The highest BCUT2D eigenvalue weighted by Crippen LogP contribution is 2.53. The van der Waals surface area contributed by atoms with Crippen LogP contribution in [0.4, 0.5) is 51.7 Å². The van der Waals surface area contributed by atoms with Crippen molar-refractivity contribution in [1.82, 2.24) is 58.2 Å². The Morgan fingerprint density at radius 3 is 1.24 bits per heavy atom. The third-order valence-corrected chi connectivity index (χ3v) is 22.4. The Hall–Kier alpha value is -9.11. The summed E-state index contributed by atoms with van der Waals surface area (Å²) in [6.45, 7) is 7.87. The van der Waals surface area contributed by atoms with Crippen molar-refractivity contribution >= 4 is 121 Å². The van der Waals surface area contributed by atoms with Gasteiger partial charge in [-0.2, -0.15) is 19.8 Å². The number of hydrogen-bond acceptors (Lipinski definition) is 22. The second-order valence-corrected chi connectivity index (χ2v) is 29.6. The van der Waals surface area contributed by atoms with E-state index in [0.29, 0.717) is 214 Å². The van der Waals surface area contributed by atoms with Crippen LogP contribution in [-0.4, -0.2) is 178 Å². The van der Waals surface area contributed by atoms with E-state index in [0.717, 1.165) is 51.7 Å². The summed E-state index contributed by atoms with van der Waals surface area (Å²) in [5.74, 6) is 5.09. The summed E-state index contributed by atoms with van der Waals surface area (Å²) >= 11 is 19.1. The van der Waals surface area contributed by atoms with E-state index in [1.165, 1.54) is 0 Å². The molecule has 9 aliphatic rings. The Balaban J connectivity index is 0.000000121. The number of amides is 2. The lowest BCUT2D eigenvalue weighted by Gasteiger charge is -2.25. The molecular formula is C72H81Cl3N18O12. The SMILES string of the molecule is CNc1cc(Nc2cc(Cl)cn(C3CCCOC3)c2=O)cc2c(C(=O)NC3[C@H]4COC[C@@H]34)cnn12.CNc1cc(Nc2cc(Cl)cn([C@@H]3CCCOC3)c2=O)nc2c(C(=O)CC3[C@H]4COC[C@@H]34)cnn12.CNc1cc(Nc2cc(Cl)cn([C@H]3CCCOC3)c2=O)cc2c(C(=O)NC3[C@H]4COC[C@@H]34)cnn12. The molecule has 6 saturated heterocycles. The first-order valence-electron chi connectivity index (χ1n) is 35.7. The van der Waals surface area contributed by atoms with E-state index in [9.17, 15) is 28.8 Å². The van der Waals surface area contributed by atoms with Gasteiger partial charge in [-0.1, -0.05) is 34.8 Å². The van der Waals surface area contributed by atoms with E-state index >= 15 is 0 Å². The normalized spacial score (nSPS) is 25.4. The minimum absolute atomic E-state index is 0.0218. The van der Waals surface area contributed by atoms with Gasteiger partial charge in [0.25, 0.3) is 28.5 Å². The largest absolute Gasteiger partial charge is 0.381 e. The number of halogens is 3. The van der Waals surface area contributed by atoms with Crippen LogP contribution in [0.3, 0.4) is 0 Å². The number of anilines is 9. The van der Waals surface area contributed by atoms with Crippen molar-refractivity contribution in [3.63, 3.8) is 0 Å². The predicted octanol–water partition coefficient (Wildman–Crippen LogP) is 8.47. The molecule has 552 valence electrons. The molecule has 2 amide bonds. The number of carbonyl (C=O) groups excluding carboxylic acids is 3. The molecule has 12 atom stereocenters. The lowest BCUT2D eigenvalue weighted by molar-refractivity contribution is 0.0580. The smallest absolute Gasteiger partial charge is 0.274 e. The van der Waals surface area contributed by atoms with Crippen molar-refractivity contribution in [1.29, 1.82) is 0 Å². The Kier molecular flexibility index (Phi) is 19.8. The topological polar surface area (TPSA) is 334 Å². The first kappa shape index (κ1) is 70.2. The Labute approximate surface area is 616 Å². The lowest BCUT2D eigenvalue weighted by atomic mass is 10.1. The molecular weight excluding hydrogens is 1420 g/mol. The van der Waals surface area contributed by atoms with Crippen LogP contribution in [-0.2, 0) is 28.4 Å². The first-order chi connectivity index (χ1) is 51.1. The fourth-order valence-corrected chi connectivity index (χ4v) is 16.5. The Bertz CT molecular complexity index is 4500. The number of nitrogens with one attached hydrogen (secondary N) is 8. The fraction of sp³-hybridized carbons (Fsp3) is 0.472. The van der Waals surface area contributed by atoms with Gasteiger partial charge in [0.05, 0.1) is 139 Å². The molecule has 0 aromatic carbocycles. The maximum atomic E-state index is 13.3. The summed E-state index contributed by atoms with van der Waals surface area (Å²) in [5, 5.41) is 39.6. The van der Waals surface area contributed by atoms with Gasteiger partial charge in [0, 0.05) is 131 Å². The minimum Gasteiger partial charge on any atom is -0.381 e. The highest BCUT2D eigenvalue weighted by molar-refractivity contribution is 6.31. The number of aromatic nitrogens is 10. The van der Waals surface area contributed by atoms with Crippen LogP contribution >= 0.6 is 34.8 Å². The molecule has 0 bridgehead atoms. The maximum Gasteiger partial charge on any atom is 0.274 e. The van der Waals surface area contributed by atoms with Crippen molar-refractivity contribution < 1.29 is 42.8 Å². The Morgan fingerprint density at radius 1 is 0.457 bits per heavy atom. The second-order valence-electron chi connectivity index (χ2n) is 28.3. The van der Waals surface area contributed by atoms with Gasteiger partial charge in [-0.05, 0) is 86.6 Å². The van der Waals surface area contributed by atoms with Crippen LogP contribution < -0.4 is 59.2 Å². The van der Waals surface area contributed by atoms with Gasteiger partial charge in [0.2, 0.25) is 0 Å². The number of ketones is 1. The van der Waals surface area contributed by atoms with Gasteiger partial charge in [-0.25, -0.2) is 14.0 Å². The molecule has 30 nitrogen and oxygen atoms in total. The summed E-state index contributed by atoms with van der Waals surface area (Å²) in [6, 6.07) is 14.0. The summed E-state index contributed by atoms with van der Waals surface area (Å²) in [7, 11) is 5.32. The molecule has 6 aliphatic heterocycles. The van der Waals surface area contributed by atoms with Crippen LogP contribution in [0.25, 0.3) is 16.7 Å². The number of pyridine rings is 5. The van der Waals surface area contributed by atoms with Gasteiger partial charge in [0.1, 0.15) is 40.3 Å². The van der Waals surface area contributed by atoms with Crippen LogP contribution in [0.2, 0.25) is 15.1 Å². The number of Topliss-reactive ketones (excluding diaryl/α,β-unsaturated/α-hetero) is 1. The van der Waals surface area contributed by atoms with Crippen molar-refractivity contribution in [2.24, 2.45) is 41.4 Å². The third kappa shape index (κ3) is 14.2. The van der Waals surface area contributed by atoms with E-state index < -0.39 is 0 Å². The number of hydrogen-bond donors (Lipinski definition) is 8. The number of fused-ring (bicyclic) bond motifs is 6. The van der Waals surface area contributed by atoms with Crippen LogP contribution in [0.1, 0.15) is 94.1 Å². The molecule has 0 spiro atoms. The zero-order valence-corrected chi connectivity index (χ0v) is 60.2. The molecule has 3 saturated carbocycles. The molecule has 9 aromatic heterocycles. The Morgan fingerprint density at radius 2 is 0.838 bits per heavy atom. The summed E-state index contributed by atoms with van der Waals surface area (Å²) in [5.41, 5.74) is 4.84. The number of nitrogens with zero attached hydrogens (tertiary/aromatic N) is 10. The molecule has 9 aromatic rings. The zero-order chi connectivity index (χ0) is 72.3. The molecule has 15 heterocycles. The second kappa shape index (κ2) is 29.7. The highest BCUT2D eigenvalue weighted by Gasteiger charge is 2.56. The third-order valence-electron chi connectivity index (χ3n) is 21.8. The quantitative estimate of drug-likeness (QED) is 0.0352. The lowest BCUT2D eigenvalue weighted by Crippen LogP contribution is -2.31. The van der Waals surface area contributed by atoms with Crippen LogP contribution in [0, 0.1) is 41.4 Å². The van der Waals surface area contributed by atoms with Crippen LogP contribution in [0.5, 0.6) is 0 Å². The average Bonchev–Trinajstić information content (AvgIpc) is 1.61. The maximum absolute atomic E-state index is 13.3. The van der Waals surface area contributed by atoms with Gasteiger partial charge >= 0.3 is 0 Å². The molecule has 0 radical (unpaired) electrons. The van der Waals surface area contributed by atoms with Gasteiger partial charge < -0.3 is 84.7 Å². The number of carbonyl (C=O) groups is 3. The van der Waals surface area contributed by atoms with E-state index in [2.05, 4.69) is 62.8 Å². The number of rotatable bonds is 19. The van der Waals surface area contributed by atoms with Crippen LogP contribution in [0.15, 0.2) is 100 Å².